The highest BCUT2D eigenvalue weighted by Crippen LogP contribution is 2.22. The Hall–Kier alpha value is -2.12. The number of non-ortho nitro benzene ring substituents is 1. The largest absolute Gasteiger partial charge is 0.352 e. The lowest BCUT2D eigenvalue weighted by Crippen LogP contribution is -2.37. The second kappa shape index (κ2) is 7.94. The van der Waals surface area contributed by atoms with E-state index in [2.05, 4.69) is 10.3 Å². The number of nitrogens with zero attached hydrogens (tertiary/aromatic N) is 3. The molecule has 0 amide bonds. The number of nitro benzene ring substituents is 1. The van der Waals surface area contributed by atoms with Crippen LogP contribution in [0.1, 0.15) is 10.4 Å². The van der Waals surface area contributed by atoms with E-state index >= 15 is 0 Å². The van der Waals surface area contributed by atoms with Crippen LogP contribution in [-0.2, 0) is 13.1 Å². The minimum Gasteiger partial charge on any atom is -0.352 e. The van der Waals surface area contributed by atoms with Crippen LogP contribution >= 0.6 is 22.9 Å². The van der Waals surface area contributed by atoms with Crippen LogP contribution in [0.3, 0.4) is 0 Å². The lowest BCUT2D eigenvalue weighted by Gasteiger charge is -2.21. The fourth-order valence-electron chi connectivity index (χ4n) is 2.05. The summed E-state index contributed by atoms with van der Waals surface area (Å²) < 4.78 is 0.766. The molecule has 0 aliphatic carbocycles. The van der Waals surface area contributed by atoms with Gasteiger partial charge >= 0.3 is 0 Å². The maximum atomic E-state index is 10.6. The van der Waals surface area contributed by atoms with Crippen LogP contribution in [0.5, 0.6) is 0 Å². The van der Waals surface area contributed by atoms with Gasteiger partial charge in [-0.05, 0) is 17.7 Å². The quantitative estimate of drug-likeness (QED) is 0.387. The maximum absolute atomic E-state index is 10.6. The van der Waals surface area contributed by atoms with Crippen LogP contribution in [0, 0.1) is 10.1 Å². The molecule has 1 aromatic carbocycles. The third kappa shape index (κ3) is 4.94. The molecule has 0 unspecified atom stereocenters. The number of guanidine groups is 1. The van der Waals surface area contributed by atoms with Crippen molar-refractivity contribution in [3.05, 3.63) is 61.3 Å². The fraction of sp³-hybridized carbons (Fsp3) is 0.267. The zero-order chi connectivity index (χ0) is 16.8. The molecule has 122 valence electrons. The van der Waals surface area contributed by atoms with Crippen LogP contribution in [0.15, 0.2) is 41.4 Å². The monoisotopic (exact) mass is 352 g/mol. The fourth-order valence-corrected chi connectivity index (χ4v) is 3.19. The second-order valence-electron chi connectivity index (χ2n) is 4.89. The summed E-state index contributed by atoms with van der Waals surface area (Å²) in [6, 6.07) is 10.3. The zero-order valence-electron chi connectivity index (χ0n) is 12.8. The Kier molecular flexibility index (Phi) is 5.95. The molecule has 1 heterocycles. The number of thiophene rings is 1. The minimum absolute atomic E-state index is 0.0878. The van der Waals surface area contributed by atoms with Crippen molar-refractivity contribution in [3.63, 3.8) is 0 Å². The Bertz CT molecular complexity index is 700. The van der Waals surface area contributed by atoms with Crippen molar-refractivity contribution in [1.29, 1.82) is 0 Å². The van der Waals surface area contributed by atoms with E-state index in [0.29, 0.717) is 13.1 Å². The molecule has 23 heavy (non-hydrogen) atoms. The molecule has 2 rings (SSSR count). The number of hydrogen-bond donors (Lipinski definition) is 1. The van der Waals surface area contributed by atoms with E-state index in [-0.39, 0.29) is 5.69 Å². The van der Waals surface area contributed by atoms with E-state index < -0.39 is 4.92 Å². The van der Waals surface area contributed by atoms with E-state index in [1.807, 2.05) is 24.1 Å². The summed E-state index contributed by atoms with van der Waals surface area (Å²) in [5.74, 6) is 0.743. The van der Waals surface area contributed by atoms with Gasteiger partial charge in [-0.15, -0.1) is 11.3 Å². The molecule has 0 bridgehead atoms. The highest BCUT2D eigenvalue weighted by atomic mass is 35.5. The van der Waals surface area contributed by atoms with Gasteiger partial charge in [0.25, 0.3) is 5.69 Å². The molecule has 0 saturated carbocycles. The van der Waals surface area contributed by atoms with E-state index in [4.69, 9.17) is 11.6 Å². The van der Waals surface area contributed by atoms with E-state index in [1.54, 1.807) is 19.2 Å². The Morgan fingerprint density at radius 3 is 2.57 bits per heavy atom. The van der Waals surface area contributed by atoms with Crippen molar-refractivity contribution >= 4 is 34.6 Å². The Morgan fingerprint density at radius 2 is 2.04 bits per heavy atom. The molecule has 0 fully saturated rings. The van der Waals surface area contributed by atoms with Crippen molar-refractivity contribution in [2.45, 2.75) is 13.1 Å². The molecule has 6 nitrogen and oxygen atoms in total. The zero-order valence-corrected chi connectivity index (χ0v) is 14.4. The van der Waals surface area contributed by atoms with Crippen molar-refractivity contribution < 1.29 is 4.92 Å². The number of halogens is 1. The number of hydrogen-bond acceptors (Lipinski definition) is 4. The predicted octanol–water partition coefficient (Wildman–Crippen LogP) is 3.52. The molecule has 2 aromatic rings. The van der Waals surface area contributed by atoms with Gasteiger partial charge < -0.3 is 10.2 Å². The number of nitro groups is 1. The molecular formula is C15H17ClN4O2S. The first-order chi connectivity index (χ1) is 11.0. The number of rotatable bonds is 5. The van der Waals surface area contributed by atoms with Crippen molar-refractivity contribution in [1.82, 2.24) is 10.2 Å². The average molecular weight is 353 g/mol. The van der Waals surface area contributed by atoms with Crippen LogP contribution in [0.25, 0.3) is 0 Å². The summed E-state index contributed by atoms with van der Waals surface area (Å²) in [5, 5.41) is 13.9. The van der Waals surface area contributed by atoms with Gasteiger partial charge in [-0.25, -0.2) is 0 Å². The highest BCUT2D eigenvalue weighted by molar-refractivity contribution is 7.16. The number of benzene rings is 1. The van der Waals surface area contributed by atoms with Gasteiger partial charge in [0.2, 0.25) is 0 Å². The molecule has 0 saturated heterocycles. The molecule has 0 radical (unpaired) electrons. The van der Waals surface area contributed by atoms with Crippen LogP contribution < -0.4 is 5.32 Å². The van der Waals surface area contributed by atoms with Gasteiger partial charge in [-0.1, -0.05) is 23.7 Å². The lowest BCUT2D eigenvalue weighted by atomic mass is 10.2. The van der Waals surface area contributed by atoms with Gasteiger partial charge in [0.15, 0.2) is 5.96 Å². The van der Waals surface area contributed by atoms with Crippen LogP contribution in [-0.4, -0.2) is 29.9 Å². The number of nitrogens with one attached hydrogen (secondary N) is 1. The first kappa shape index (κ1) is 17.2. The van der Waals surface area contributed by atoms with Gasteiger partial charge in [0.05, 0.1) is 15.8 Å². The first-order valence-corrected chi connectivity index (χ1v) is 8.08. The van der Waals surface area contributed by atoms with Gasteiger partial charge in [-0.3, -0.25) is 15.1 Å². The molecule has 0 aliphatic rings. The summed E-state index contributed by atoms with van der Waals surface area (Å²) in [5.41, 5.74) is 1.04. The molecule has 0 spiro atoms. The Morgan fingerprint density at radius 1 is 1.35 bits per heavy atom. The third-order valence-corrected chi connectivity index (χ3v) is 4.41. The van der Waals surface area contributed by atoms with Crippen molar-refractivity contribution in [2.24, 2.45) is 4.99 Å². The summed E-state index contributed by atoms with van der Waals surface area (Å²) in [6.07, 6.45) is 0. The summed E-state index contributed by atoms with van der Waals surface area (Å²) >= 11 is 7.48. The molecule has 0 atom stereocenters. The molecular weight excluding hydrogens is 336 g/mol. The molecule has 8 heteroatoms. The van der Waals surface area contributed by atoms with Crippen molar-refractivity contribution in [3.8, 4) is 0 Å². The summed E-state index contributed by atoms with van der Waals surface area (Å²) in [4.78, 5) is 17.6. The highest BCUT2D eigenvalue weighted by Gasteiger charge is 2.09. The molecule has 0 aliphatic heterocycles. The Labute approximate surface area is 143 Å². The smallest absolute Gasteiger partial charge is 0.269 e. The first-order valence-electron chi connectivity index (χ1n) is 6.89. The van der Waals surface area contributed by atoms with Gasteiger partial charge in [-0.2, -0.15) is 0 Å². The standard InChI is InChI=1S/C15H17ClN4O2S/c1-17-15(19(2)10-13-7-8-14(16)23-13)18-9-11-3-5-12(6-4-11)20(21)22/h3-8H,9-10H2,1-2H3,(H,17,18). The minimum atomic E-state index is -0.407. The molecule has 1 N–H and O–H groups in total. The van der Waals surface area contributed by atoms with Crippen LogP contribution in [0.4, 0.5) is 5.69 Å². The number of aliphatic imine (C=N–C) groups is 1. The maximum Gasteiger partial charge on any atom is 0.269 e. The van der Waals surface area contributed by atoms with Gasteiger partial charge in [0.1, 0.15) is 0 Å². The summed E-state index contributed by atoms with van der Waals surface area (Å²) in [7, 11) is 3.66. The second-order valence-corrected chi connectivity index (χ2v) is 6.69. The normalized spacial score (nSPS) is 11.3. The third-order valence-electron chi connectivity index (χ3n) is 3.19. The predicted molar refractivity (Wildman–Crippen MR) is 94.1 cm³/mol. The lowest BCUT2D eigenvalue weighted by molar-refractivity contribution is -0.384. The van der Waals surface area contributed by atoms with Gasteiger partial charge in [0, 0.05) is 37.6 Å². The molecule has 1 aromatic heterocycles. The van der Waals surface area contributed by atoms with Crippen LogP contribution in [0.2, 0.25) is 4.34 Å². The van der Waals surface area contributed by atoms with E-state index in [0.717, 1.165) is 20.7 Å². The average Bonchev–Trinajstić information content (AvgIpc) is 2.93. The van der Waals surface area contributed by atoms with Crippen molar-refractivity contribution in [2.75, 3.05) is 14.1 Å². The van der Waals surface area contributed by atoms with E-state index in [1.165, 1.54) is 23.5 Å². The SMILES string of the molecule is CN=C(NCc1ccc([N+](=O)[O-])cc1)N(C)Cc1ccc(Cl)s1. The topological polar surface area (TPSA) is 70.8 Å². The Balaban J connectivity index is 1.92. The van der Waals surface area contributed by atoms with E-state index in [9.17, 15) is 10.1 Å². The summed E-state index contributed by atoms with van der Waals surface area (Å²) in [6.45, 7) is 1.25.